The molecular formula is C15H16FNS. The van der Waals surface area contributed by atoms with Gasteiger partial charge in [0.25, 0.3) is 0 Å². The first-order valence-electron chi connectivity index (χ1n) is 5.97. The van der Waals surface area contributed by atoms with Crippen LogP contribution in [0, 0.1) is 5.82 Å². The van der Waals surface area contributed by atoms with Gasteiger partial charge in [0.1, 0.15) is 5.82 Å². The number of hydrogen-bond acceptors (Lipinski definition) is 2. The molecule has 0 radical (unpaired) electrons. The number of benzene rings is 2. The largest absolute Gasteiger partial charge is 0.399 e. The first-order chi connectivity index (χ1) is 8.74. The SMILES string of the molecule is Nc1ccc(CCCSc2ccc(F)cc2)cc1. The Labute approximate surface area is 111 Å². The average Bonchev–Trinajstić information content (AvgIpc) is 2.39. The lowest BCUT2D eigenvalue weighted by molar-refractivity contribution is 0.626. The third-order valence-corrected chi connectivity index (χ3v) is 3.77. The molecule has 2 aromatic rings. The minimum atomic E-state index is -0.179. The van der Waals surface area contributed by atoms with Crippen LogP contribution < -0.4 is 5.73 Å². The summed E-state index contributed by atoms with van der Waals surface area (Å²) in [6.07, 6.45) is 2.15. The Balaban J connectivity index is 1.73. The molecule has 2 N–H and O–H groups in total. The van der Waals surface area contributed by atoms with E-state index in [9.17, 15) is 4.39 Å². The van der Waals surface area contributed by atoms with Gasteiger partial charge in [-0.2, -0.15) is 0 Å². The van der Waals surface area contributed by atoms with Gasteiger partial charge in [0.15, 0.2) is 0 Å². The number of anilines is 1. The minimum Gasteiger partial charge on any atom is -0.399 e. The molecule has 0 atom stereocenters. The van der Waals surface area contributed by atoms with E-state index in [1.165, 1.54) is 17.7 Å². The summed E-state index contributed by atoms with van der Waals surface area (Å²) in [5.74, 6) is 0.858. The summed E-state index contributed by atoms with van der Waals surface area (Å²) in [6, 6.07) is 14.7. The van der Waals surface area contributed by atoms with Crippen LogP contribution in [0.1, 0.15) is 12.0 Å². The summed E-state index contributed by atoms with van der Waals surface area (Å²) in [6.45, 7) is 0. The molecule has 18 heavy (non-hydrogen) atoms. The average molecular weight is 261 g/mol. The highest BCUT2D eigenvalue weighted by Crippen LogP contribution is 2.19. The monoisotopic (exact) mass is 261 g/mol. The smallest absolute Gasteiger partial charge is 0.123 e. The van der Waals surface area contributed by atoms with Crippen LogP contribution in [0.25, 0.3) is 0 Å². The Hall–Kier alpha value is -1.48. The van der Waals surface area contributed by atoms with Gasteiger partial charge in [0, 0.05) is 10.6 Å². The molecule has 0 fully saturated rings. The molecule has 0 aliphatic carbocycles. The highest BCUT2D eigenvalue weighted by Gasteiger charge is 1.97. The summed E-state index contributed by atoms with van der Waals surface area (Å²) in [4.78, 5) is 1.12. The van der Waals surface area contributed by atoms with Gasteiger partial charge in [0.05, 0.1) is 0 Å². The Morgan fingerprint density at radius 2 is 1.61 bits per heavy atom. The quantitative estimate of drug-likeness (QED) is 0.497. The third kappa shape index (κ3) is 4.08. The molecule has 0 aromatic heterocycles. The standard InChI is InChI=1S/C15H16FNS/c16-13-5-9-15(10-6-13)18-11-1-2-12-3-7-14(17)8-4-12/h3-10H,1-2,11,17H2. The van der Waals surface area contributed by atoms with E-state index in [1.54, 1.807) is 11.8 Å². The van der Waals surface area contributed by atoms with Gasteiger partial charge in [-0.3, -0.25) is 0 Å². The molecule has 0 heterocycles. The van der Waals surface area contributed by atoms with Gasteiger partial charge in [-0.15, -0.1) is 11.8 Å². The zero-order valence-corrected chi connectivity index (χ0v) is 10.9. The summed E-state index contributed by atoms with van der Waals surface area (Å²) < 4.78 is 12.7. The van der Waals surface area contributed by atoms with Crippen molar-refractivity contribution in [3.63, 3.8) is 0 Å². The first-order valence-corrected chi connectivity index (χ1v) is 6.95. The molecule has 2 rings (SSSR count). The van der Waals surface area contributed by atoms with Gasteiger partial charge in [-0.1, -0.05) is 12.1 Å². The van der Waals surface area contributed by atoms with Crippen molar-refractivity contribution in [2.75, 3.05) is 11.5 Å². The fraction of sp³-hybridized carbons (Fsp3) is 0.200. The number of thioether (sulfide) groups is 1. The Kier molecular flexibility index (Phi) is 4.65. The number of nitrogens with two attached hydrogens (primary N) is 1. The van der Waals surface area contributed by atoms with Crippen LogP contribution in [0.3, 0.4) is 0 Å². The molecule has 0 spiro atoms. The van der Waals surface area contributed by atoms with Gasteiger partial charge >= 0.3 is 0 Å². The van der Waals surface area contributed by atoms with Crippen LogP contribution in [-0.4, -0.2) is 5.75 Å². The summed E-state index contributed by atoms with van der Waals surface area (Å²) in [5, 5.41) is 0. The van der Waals surface area contributed by atoms with Crippen LogP contribution in [-0.2, 0) is 6.42 Å². The minimum absolute atomic E-state index is 0.179. The lowest BCUT2D eigenvalue weighted by Gasteiger charge is -2.03. The van der Waals surface area contributed by atoms with Crippen molar-refractivity contribution >= 4 is 17.4 Å². The van der Waals surface area contributed by atoms with Crippen molar-refractivity contribution in [2.45, 2.75) is 17.7 Å². The molecule has 0 unspecified atom stereocenters. The van der Waals surface area contributed by atoms with Crippen molar-refractivity contribution in [1.82, 2.24) is 0 Å². The maximum atomic E-state index is 12.7. The normalized spacial score (nSPS) is 10.5. The van der Waals surface area contributed by atoms with E-state index in [2.05, 4.69) is 12.1 Å². The lowest BCUT2D eigenvalue weighted by Crippen LogP contribution is -1.89. The number of hydrogen-bond donors (Lipinski definition) is 1. The Bertz CT molecular complexity index is 431. The molecule has 0 saturated carbocycles. The molecule has 0 aliphatic rings. The van der Waals surface area contributed by atoms with E-state index in [1.807, 2.05) is 24.3 Å². The van der Waals surface area contributed by atoms with Crippen LogP contribution in [0.5, 0.6) is 0 Å². The molecule has 3 heteroatoms. The lowest BCUT2D eigenvalue weighted by atomic mass is 10.1. The van der Waals surface area contributed by atoms with E-state index in [0.717, 1.165) is 29.2 Å². The number of rotatable bonds is 5. The molecule has 0 saturated heterocycles. The molecule has 0 bridgehead atoms. The van der Waals surface area contributed by atoms with Gasteiger partial charge in [-0.25, -0.2) is 4.39 Å². The summed E-state index contributed by atoms with van der Waals surface area (Å²) in [5.41, 5.74) is 7.75. The maximum Gasteiger partial charge on any atom is 0.123 e. The highest BCUT2D eigenvalue weighted by molar-refractivity contribution is 7.99. The zero-order chi connectivity index (χ0) is 12.8. The molecule has 1 nitrogen and oxygen atoms in total. The van der Waals surface area contributed by atoms with Crippen LogP contribution in [0.2, 0.25) is 0 Å². The van der Waals surface area contributed by atoms with Gasteiger partial charge in [0.2, 0.25) is 0 Å². The van der Waals surface area contributed by atoms with Crippen molar-refractivity contribution in [1.29, 1.82) is 0 Å². The van der Waals surface area contributed by atoms with E-state index < -0.39 is 0 Å². The van der Waals surface area contributed by atoms with Crippen LogP contribution >= 0.6 is 11.8 Å². The topological polar surface area (TPSA) is 26.0 Å². The summed E-state index contributed by atoms with van der Waals surface area (Å²) in [7, 11) is 0. The van der Waals surface area contributed by atoms with E-state index in [4.69, 9.17) is 5.73 Å². The number of aryl methyl sites for hydroxylation is 1. The van der Waals surface area contributed by atoms with Crippen molar-refractivity contribution in [3.05, 3.63) is 59.9 Å². The molecule has 0 amide bonds. The van der Waals surface area contributed by atoms with Crippen molar-refractivity contribution in [3.8, 4) is 0 Å². The first kappa shape index (κ1) is 13.0. The maximum absolute atomic E-state index is 12.7. The molecule has 0 aliphatic heterocycles. The molecule has 2 aromatic carbocycles. The second-order valence-electron chi connectivity index (χ2n) is 4.15. The summed E-state index contributed by atoms with van der Waals surface area (Å²) >= 11 is 1.76. The van der Waals surface area contributed by atoms with Gasteiger partial charge in [-0.05, 0) is 60.6 Å². The number of halogens is 1. The fourth-order valence-electron chi connectivity index (χ4n) is 1.68. The predicted molar refractivity (Wildman–Crippen MR) is 76.3 cm³/mol. The van der Waals surface area contributed by atoms with Crippen LogP contribution in [0.15, 0.2) is 53.4 Å². The predicted octanol–water partition coefficient (Wildman–Crippen LogP) is 4.13. The number of nitrogen functional groups attached to an aromatic ring is 1. The Morgan fingerprint density at radius 3 is 2.28 bits per heavy atom. The van der Waals surface area contributed by atoms with Crippen molar-refractivity contribution < 1.29 is 4.39 Å². The third-order valence-electron chi connectivity index (χ3n) is 2.67. The highest BCUT2D eigenvalue weighted by atomic mass is 32.2. The Morgan fingerprint density at radius 1 is 0.944 bits per heavy atom. The van der Waals surface area contributed by atoms with E-state index >= 15 is 0 Å². The zero-order valence-electron chi connectivity index (χ0n) is 10.1. The molecule has 94 valence electrons. The second-order valence-corrected chi connectivity index (χ2v) is 5.32. The van der Waals surface area contributed by atoms with Crippen molar-refractivity contribution in [2.24, 2.45) is 0 Å². The van der Waals surface area contributed by atoms with E-state index in [-0.39, 0.29) is 5.82 Å². The second kappa shape index (κ2) is 6.45. The van der Waals surface area contributed by atoms with Crippen LogP contribution in [0.4, 0.5) is 10.1 Å². The fourth-order valence-corrected chi connectivity index (χ4v) is 2.53. The van der Waals surface area contributed by atoms with Gasteiger partial charge < -0.3 is 5.73 Å². The molecular weight excluding hydrogens is 245 g/mol. The van der Waals surface area contributed by atoms with E-state index in [0.29, 0.717) is 0 Å².